The molecule has 0 bridgehead atoms. The summed E-state index contributed by atoms with van der Waals surface area (Å²) in [5.74, 6) is -0.766. The monoisotopic (exact) mass is 311 g/mol. The topological polar surface area (TPSA) is 64.9 Å². The minimum absolute atomic E-state index is 0.0236. The molecule has 0 radical (unpaired) electrons. The normalized spacial score (nSPS) is 13.2. The van der Waals surface area contributed by atoms with Gasteiger partial charge in [0.2, 0.25) is 0 Å². The van der Waals surface area contributed by atoms with E-state index in [0.29, 0.717) is 0 Å². The van der Waals surface area contributed by atoms with Crippen LogP contribution < -0.4 is 10.6 Å². The van der Waals surface area contributed by atoms with E-state index in [9.17, 15) is 18.0 Å². The molecule has 0 saturated heterocycles. The fraction of sp³-hybridized carbons (Fsp3) is 0.333. The quantitative estimate of drug-likeness (QED) is 0.646. The summed E-state index contributed by atoms with van der Waals surface area (Å²) in [5.41, 5.74) is -1.10. The van der Waals surface area contributed by atoms with Gasteiger partial charge in [0.15, 0.2) is 0 Å². The number of anilines is 1. The average Bonchev–Trinajstić information content (AvgIpc) is 2.47. The Kier molecular flexibility index (Phi) is 5.99. The van der Waals surface area contributed by atoms with Crippen LogP contribution in [-0.4, -0.2) is 11.9 Å². The van der Waals surface area contributed by atoms with E-state index in [0.717, 1.165) is 18.6 Å². The van der Waals surface area contributed by atoms with E-state index in [1.807, 2.05) is 13.8 Å². The fourth-order valence-electron chi connectivity index (χ4n) is 1.46. The van der Waals surface area contributed by atoms with E-state index in [-0.39, 0.29) is 17.3 Å². The number of nitrogens with one attached hydrogen (secondary N) is 2. The number of hydrogen-bond acceptors (Lipinski definition) is 3. The first-order chi connectivity index (χ1) is 10.3. The number of carbonyl (C=O) groups excluding carboxylic acids is 1. The molecule has 7 heteroatoms. The number of benzene rings is 1. The highest BCUT2D eigenvalue weighted by atomic mass is 19.4. The first-order valence-electron chi connectivity index (χ1n) is 6.62. The lowest BCUT2D eigenvalue weighted by molar-refractivity contribution is -0.137. The molecule has 1 amide bonds. The molecule has 1 aromatic carbocycles. The second kappa shape index (κ2) is 7.50. The van der Waals surface area contributed by atoms with Crippen LogP contribution in [0.5, 0.6) is 0 Å². The van der Waals surface area contributed by atoms with Crippen LogP contribution >= 0.6 is 0 Å². The molecule has 0 aliphatic heterocycles. The molecule has 2 N–H and O–H groups in total. The predicted octanol–water partition coefficient (Wildman–Crippen LogP) is 3.44. The molecule has 0 aliphatic carbocycles. The Hall–Kier alpha value is -2.49. The van der Waals surface area contributed by atoms with Crippen molar-refractivity contribution in [2.75, 3.05) is 5.32 Å². The Bertz CT molecular complexity index is 603. The van der Waals surface area contributed by atoms with Crippen LogP contribution in [0.15, 0.2) is 36.0 Å². The van der Waals surface area contributed by atoms with Gasteiger partial charge in [-0.2, -0.15) is 18.4 Å². The molecule has 22 heavy (non-hydrogen) atoms. The van der Waals surface area contributed by atoms with Gasteiger partial charge >= 0.3 is 6.18 Å². The number of alkyl halides is 3. The summed E-state index contributed by atoms with van der Waals surface area (Å²) in [6, 6.07) is 6.01. The van der Waals surface area contributed by atoms with Crippen LogP contribution in [0.25, 0.3) is 0 Å². The van der Waals surface area contributed by atoms with Crippen molar-refractivity contribution in [3.63, 3.8) is 0 Å². The van der Waals surface area contributed by atoms with E-state index in [1.54, 1.807) is 6.07 Å². The molecule has 0 heterocycles. The van der Waals surface area contributed by atoms with Crippen LogP contribution in [0, 0.1) is 11.3 Å². The van der Waals surface area contributed by atoms with Gasteiger partial charge in [-0.05, 0) is 31.5 Å². The Labute approximate surface area is 126 Å². The highest BCUT2D eigenvalue weighted by Gasteiger charge is 2.30. The average molecular weight is 311 g/mol. The van der Waals surface area contributed by atoms with Crippen LogP contribution in [0.3, 0.4) is 0 Å². The van der Waals surface area contributed by atoms with Gasteiger partial charge in [0, 0.05) is 17.9 Å². The number of nitrogens with zero attached hydrogens (tertiary/aromatic N) is 1. The zero-order valence-electron chi connectivity index (χ0n) is 12.2. The zero-order chi connectivity index (χ0) is 16.8. The van der Waals surface area contributed by atoms with Crippen LogP contribution in [-0.2, 0) is 11.0 Å². The van der Waals surface area contributed by atoms with Gasteiger partial charge in [-0.3, -0.25) is 4.79 Å². The second-order valence-electron chi connectivity index (χ2n) is 4.68. The number of hydrogen-bond donors (Lipinski definition) is 2. The van der Waals surface area contributed by atoms with Crippen molar-refractivity contribution >= 4 is 11.6 Å². The molecule has 1 aromatic rings. The van der Waals surface area contributed by atoms with Crippen molar-refractivity contribution in [2.24, 2.45) is 0 Å². The summed E-state index contributed by atoms with van der Waals surface area (Å²) in [7, 11) is 0. The molecule has 1 atom stereocenters. The highest BCUT2D eigenvalue weighted by molar-refractivity contribution is 6.06. The number of carbonyl (C=O) groups is 1. The van der Waals surface area contributed by atoms with E-state index in [2.05, 4.69) is 10.6 Å². The number of amides is 1. The van der Waals surface area contributed by atoms with Crippen LogP contribution in [0.1, 0.15) is 25.8 Å². The van der Waals surface area contributed by atoms with E-state index >= 15 is 0 Å². The van der Waals surface area contributed by atoms with Crippen molar-refractivity contribution in [2.45, 2.75) is 32.5 Å². The van der Waals surface area contributed by atoms with Crippen molar-refractivity contribution in [1.29, 1.82) is 5.26 Å². The number of rotatable bonds is 5. The summed E-state index contributed by atoms with van der Waals surface area (Å²) in [4.78, 5) is 11.9. The lowest BCUT2D eigenvalue weighted by Gasteiger charge is -2.11. The summed E-state index contributed by atoms with van der Waals surface area (Å²) in [6.07, 6.45) is -2.44. The highest BCUT2D eigenvalue weighted by Crippen LogP contribution is 2.30. The van der Waals surface area contributed by atoms with E-state index in [4.69, 9.17) is 5.26 Å². The molecule has 0 fully saturated rings. The third kappa shape index (κ3) is 5.13. The van der Waals surface area contributed by atoms with Gasteiger partial charge in [-0.25, -0.2) is 0 Å². The van der Waals surface area contributed by atoms with Gasteiger partial charge in [0.25, 0.3) is 5.91 Å². The van der Waals surface area contributed by atoms with E-state index < -0.39 is 17.6 Å². The smallest absolute Gasteiger partial charge is 0.387 e. The third-order valence-corrected chi connectivity index (χ3v) is 2.94. The van der Waals surface area contributed by atoms with Gasteiger partial charge in [0.1, 0.15) is 11.6 Å². The zero-order valence-corrected chi connectivity index (χ0v) is 12.2. The molecule has 1 rings (SSSR count). The third-order valence-electron chi connectivity index (χ3n) is 2.94. The standard InChI is InChI=1S/C15H16F3N3O/c1-3-10(2)20-9-11(8-19)14(22)21-13-6-4-5-12(7-13)15(16,17)18/h4-7,9-10,20H,3H2,1-2H3,(H,21,22)/b11-9-. The largest absolute Gasteiger partial charge is 0.416 e. The van der Waals surface area contributed by atoms with Crippen molar-refractivity contribution < 1.29 is 18.0 Å². The SMILES string of the molecule is CCC(C)N/C=C(/C#N)C(=O)Nc1cccc(C(F)(F)F)c1. The second-order valence-corrected chi connectivity index (χ2v) is 4.68. The maximum Gasteiger partial charge on any atom is 0.416 e. The lowest BCUT2D eigenvalue weighted by Crippen LogP contribution is -2.22. The molecule has 0 saturated carbocycles. The Morgan fingerprint density at radius 2 is 2.14 bits per heavy atom. The number of halogens is 3. The van der Waals surface area contributed by atoms with Crippen LogP contribution in [0.4, 0.5) is 18.9 Å². The molecule has 0 aliphatic rings. The number of nitriles is 1. The Morgan fingerprint density at radius 3 is 2.68 bits per heavy atom. The Balaban J connectivity index is 2.85. The molecular formula is C15H16F3N3O. The molecule has 1 unspecified atom stereocenters. The minimum Gasteiger partial charge on any atom is -0.387 e. The molecule has 0 aromatic heterocycles. The van der Waals surface area contributed by atoms with Crippen molar-refractivity contribution in [3.8, 4) is 6.07 Å². The van der Waals surface area contributed by atoms with Crippen LogP contribution in [0.2, 0.25) is 0 Å². The maximum atomic E-state index is 12.6. The molecular weight excluding hydrogens is 295 g/mol. The summed E-state index contributed by atoms with van der Waals surface area (Å²) < 4.78 is 37.8. The van der Waals surface area contributed by atoms with E-state index in [1.165, 1.54) is 18.3 Å². The summed E-state index contributed by atoms with van der Waals surface area (Å²) in [6.45, 7) is 3.80. The molecule has 4 nitrogen and oxygen atoms in total. The van der Waals surface area contributed by atoms with Crippen molar-refractivity contribution in [1.82, 2.24) is 5.32 Å². The van der Waals surface area contributed by atoms with Gasteiger partial charge in [-0.15, -0.1) is 0 Å². The minimum atomic E-state index is -4.49. The Morgan fingerprint density at radius 1 is 1.45 bits per heavy atom. The van der Waals surface area contributed by atoms with Gasteiger partial charge < -0.3 is 10.6 Å². The predicted molar refractivity (Wildman–Crippen MR) is 76.7 cm³/mol. The van der Waals surface area contributed by atoms with Gasteiger partial charge in [0.05, 0.1) is 5.56 Å². The molecule has 118 valence electrons. The van der Waals surface area contributed by atoms with Gasteiger partial charge in [-0.1, -0.05) is 13.0 Å². The fourth-order valence-corrected chi connectivity index (χ4v) is 1.46. The van der Waals surface area contributed by atoms with Crippen molar-refractivity contribution in [3.05, 3.63) is 41.6 Å². The maximum absolute atomic E-state index is 12.6. The lowest BCUT2D eigenvalue weighted by atomic mass is 10.2. The molecule has 0 spiro atoms. The summed E-state index contributed by atoms with van der Waals surface area (Å²) in [5, 5.41) is 14.1. The summed E-state index contributed by atoms with van der Waals surface area (Å²) >= 11 is 0. The first-order valence-corrected chi connectivity index (χ1v) is 6.62. The first kappa shape index (κ1) is 17.6.